The monoisotopic (exact) mass is 380 g/mol. The van der Waals surface area contributed by atoms with Crippen LogP contribution in [-0.4, -0.2) is 32.2 Å². The summed E-state index contributed by atoms with van der Waals surface area (Å²) < 4.78 is 10.9. The summed E-state index contributed by atoms with van der Waals surface area (Å²) in [7, 11) is 1.56. The normalized spacial score (nSPS) is 19.6. The summed E-state index contributed by atoms with van der Waals surface area (Å²) >= 11 is 0. The molecular weight excluding hydrogens is 356 g/mol. The number of ether oxygens (including phenoxy) is 2. The van der Waals surface area contributed by atoms with Gasteiger partial charge in [0.05, 0.1) is 0 Å². The number of nitrogens with one attached hydrogen (secondary N) is 1. The molecule has 0 aliphatic carbocycles. The first kappa shape index (κ1) is 18.3. The van der Waals surface area contributed by atoms with Crippen molar-refractivity contribution in [2.24, 2.45) is 0 Å². The number of likely N-dealkylation sites (N-methyl/N-ethyl adjacent to an activating group) is 1. The van der Waals surface area contributed by atoms with E-state index < -0.39 is 5.41 Å². The fourth-order valence-electron chi connectivity index (χ4n) is 4.14. The standard InChI is InChI=1S/C22H24N2O4/c1-3-4-7-12-24-17-9-6-5-8-16(17)22(21(24)26,20(25)23-2)15-10-11-18-19(13-15)28-14-27-18/h5-6,8-11,13H,3-4,7,12,14H2,1-2H3,(H,23,25). The van der Waals surface area contributed by atoms with Crippen molar-refractivity contribution >= 4 is 17.5 Å². The first-order valence-corrected chi connectivity index (χ1v) is 9.68. The van der Waals surface area contributed by atoms with Crippen LogP contribution in [0.25, 0.3) is 0 Å². The zero-order chi connectivity index (χ0) is 19.7. The molecule has 2 aliphatic rings. The third-order valence-electron chi connectivity index (χ3n) is 5.52. The Kier molecular flexibility index (Phi) is 4.71. The van der Waals surface area contributed by atoms with Crippen molar-refractivity contribution in [3.8, 4) is 11.5 Å². The van der Waals surface area contributed by atoms with Gasteiger partial charge in [0.2, 0.25) is 12.7 Å². The second-order valence-corrected chi connectivity index (χ2v) is 7.08. The molecule has 146 valence electrons. The van der Waals surface area contributed by atoms with Crippen LogP contribution >= 0.6 is 0 Å². The zero-order valence-corrected chi connectivity index (χ0v) is 16.2. The molecule has 1 atom stereocenters. The Morgan fingerprint density at radius 1 is 1.14 bits per heavy atom. The third-order valence-corrected chi connectivity index (χ3v) is 5.52. The highest BCUT2D eigenvalue weighted by Crippen LogP contribution is 2.48. The minimum absolute atomic E-state index is 0.138. The molecule has 2 amide bonds. The molecule has 1 N–H and O–H groups in total. The van der Waals surface area contributed by atoms with Gasteiger partial charge >= 0.3 is 0 Å². The lowest BCUT2D eigenvalue weighted by Crippen LogP contribution is -2.51. The lowest BCUT2D eigenvalue weighted by molar-refractivity contribution is -0.133. The Morgan fingerprint density at radius 3 is 2.71 bits per heavy atom. The molecule has 0 spiro atoms. The van der Waals surface area contributed by atoms with Gasteiger partial charge in [0, 0.05) is 24.8 Å². The molecule has 0 radical (unpaired) electrons. The van der Waals surface area contributed by atoms with Gasteiger partial charge in [-0.3, -0.25) is 9.59 Å². The molecule has 0 saturated heterocycles. The fraction of sp³-hybridized carbons (Fsp3) is 0.364. The number of rotatable bonds is 6. The molecule has 6 heteroatoms. The third kappa shape index (κ3) is 2.55. The number of hydrogen-bond donors (Lipinski definition) is 1. The lowest BCUT2D eigenvalue weighted by atomic mass is 9.74. The average molecular weight is 380 g/mol. The number of carbonyl (C=O) groups excluding carboxylic acids is 2. The number of fused-ring (bicyclic) bond motifs is 2. The molecule has 28 heavy (non-hydrogen) atoms. The minimum Gasteiger partial charge on any atom is -0.454 e. The Labute approximate surface area is 164 Å². The molecule has 2 aromatic carbocycles. The maximum Gasteiger partial charge on any atom is 0.251 e. The van der Waals surface area contributed by atoms with Crippen LogP contribution in [0.4, 0.5) is 5.69 Å². The molecule has 1 unspecified atom stereocenters. The van der Waals surface area contributed by atoms with Crippen LogP contribution in [0.5, 0.6) is 11.5 Å². The number of para-hydroxylation sites is 1. The second kappa shape index (κ2) is 7.19. The van der Waals surface area contributed by atoms with Gasteiger partial charge in [-0.1, -0.05) is 44.0 Å². The van der Waals surface area contributed by atoms with Crippen molar-refractivity contribution in [2.75, 3.05) is 25.3 Å². The molecule has 0 saturated carbocycles. The number of anilines is 1. The first-order chi connectivity index (χ1) is 13.6. The van der Waals surface area contributed by atoms with Crippen LogP contribution in [0.1, 0.15) is 37.3 Å². The van der Waals surface area contributed by atoms with Gasteiger partial charge in [-0.15, -0.1) is 0 Å². The van der Waals surface area contributed by atoms with Gasteiger partial charge < -0.3 is 19.7 Å². The summed E-state index contributed by atoms with van der Waals surface area (Å²) in [6.45, 7) is 2.85. The van der Waals surface area contributed by atoms with Crippen molar-refractivity contribution < 1.29 is 19.1 Å². The maximum atomic E-state index is 13.8. The Morgan fingerprint density at radius 2 is 1.93 bits per heavy atom. The van der Waals surface area contributed by atoms with E-state index >= 15 is 0 Å². The largest absolute Gasteiger partial charge is 0.454 e. The van der Waals surface area contributed by atoms with Crippen molar-refractivity contribution in [1.29, 1.82) is 0 Å². The van der Waals surface area contributed by atoms with E-state index in [0.29, 0.717) is 29.2 Å². The topological polar surface area (TPSA) is 67.9 Å². The molecule has 0 bridgehead atoms. The van der Waals surface area contributed by atoms with E-state index in [2.05, 4.69) is 12.2 Å². The van der Waals surface area contributed by atoms with E-state index in [1.807, 2.05) is 24.3 Å². The number of amides is 2. The summed E-state index contributed by atoms with van der Waals surface area (Å²) in [5, 5.41) is 2.71. The van der Waals surface area contributed by atoms with E-state index in [-0.39, 0.29) is 18.6 Å². The summed E-state index contributed by atoms with van der Waals surface area (Å²) in [6, 6.07) is 12.8. The average Bonchev–Trinajstić information content (AvgIpc) is 3.28. The molecule has 0 fully saturated rings. The number of hydrogen-bond acceptors (Lipinski definition) is 4. The summed E-state index contributed by atoms with van der Waals surface area (Å²) in [5.41, 5.74) is 0.657. The SMILES string of the molecule is CCCCCN1C(=O)C(C(=O)NC)(c2ccc3c(c2)OCO3)c2ccccc21. The van der Waals surface area contributed by atoms with Crippen molar-refractivity contribution in [3.63, 3.8) is 0 Å². The lowest BCUT2D eigenvalue weighted by Gasteiger charge is -2.28. The highest BCUT2D eigenvalue weighted by Gasteiger charge is 2.57. The molecule has 4 rings (SSSR count). The molecule has 2 aromatic rings. The molecule has 0 aromatic heterocycles. The van der Waals surface area contributed by atoms with Gasteiger partial charge in [0.15, 0.2) is 16.9 Å². The first-order valence-electron chi connectivity index (χ1n) is 9.68. The van der Waals surface area contributed by atoms with Crippen molar-refractivity contribution in [1.82, 2.24) is 5.32 Å². The molecular formula is C22H24N2O4. The molecule has 2 aliphatic heterocycles. The van der Waals surface area contributed by atoms with Gasteiger partial charge in [-0.2, -0.15) is 0 Å². The highest BCUT2D eigenvalue weighted by molar-refractivity contribution is 6.24. The van der Waals surface area contributed by atoms with Gasteiger partial charge in [-0.25, -0.2) is 0 Å². The number of carbonyl (C=O) groups is 2. The molecule has 2 heterocycles. The Hall–Kier alpha value is -3.02. The van der Waals surface area contributed by atoms with Crippen LogP contribution in [0.2, 0.25) is 0 Å². The highest BCUT2D eigenvalue weighted by atomic mass is 16.7. The predicted octanol–water partition coefficient (Wildman–Crippen LogP) is 2.98. The number of nitrogens with zero attached hydrogens (tertiary/aromatic N) is 1. The van der Waals surface area contributed by atoms with E-state index in [0.717, 1.165) is 24.9 Å². The number of unbranched alkanes of at least 4 members (excludes halogenated alkanes) is 2. The smallest absolute Gasteiger partial charge is 0.251 e. The summed E-state index contributed by atoms with van der Waals surface area (Å²) in [6.07, 6.45) is 2.98. The molecule has 6 nitrogen and oxygen atoms in total. The van der Waals surface area contributed by atoms with Crippen LogP contribution in [0, 0.1) is 0 Å². The van der Waals surface area contributed by atoms with Crippen molar-refractivity contribution in [3.05, 3.63) is 53.6 Å². The van der Waals surface area contributed by atoms with Crippen molar-refractivity contribution in [2.45, 2.75) is 31.6 Å². The predicted molar refractivity (Wildman–Crippen MR) is 106 cm³/mol. The quantitative estimate of drug-likeness (QED) is 0.618. The van der Waals surface area contributed by atoms with E-state index in [1.54, 1.807) is 30.1 Å². The van der Waals surface area contributed by atoms with Crippen LogP contribution in [-0.2, 0) is 15.0 Å². The zero-order valence-electron chi connectivity index (χ0n) is 16.2. The van der Waals surface area contributed by atoms with E-state index in [9.17, 15) is 9.59 Å². The number of benzene rings is 2. The van der Waals surface area contributed by atoms with E-state index in [4.69, 9.17) is 9.47 Å². The fourth-order valence-corrected chi connectivity index (χ4v) is 4.14. The van der Waals surface area contributed by atoms with Crippen LogP contribution in [0.15, 0.2) is 42.5 Å². The maximum absolute atomic E-state index is 13.8. The van der Waals surface area contributed by atoms with Gasteiger partial charge in [-0.05, 0) is 30.2 Å². The van der Waals surface area contributed by atoms with Gasteiger partial charge in [0.1, 0.15) is 0 Å². The second-order valence-electron chi connectivity index (χ2n) is 7.08. The van der Waals surface area contributed by atoms with E-state index in [1.165, 1.54) is 0 Å². The Bertz CT molecular complexity index is 927. The Balaban J connectivity index is 1.89. The van der Waals surface area contributed by atoms with Crippen LogP contribution < -0.4 is 19.7 Å². The van der Waals surface area contributed by atoms with Gasteiger partial charge in [0.25, 0.3) is 5.91 Å². The van der Waals surface area contributed by atoms with Crippen LogP contribution in [0.3, 0.4) is 0 Å². The summed E-state index contributed by atoms with van der Waals surface area (Å²) in [5.74, 6) is 0.606. The summed E-state index contributed by atoms with van der Waals surface area (Å²) in [4.78, 5) is 28.8. The minimum atomic E-state index is -1.43.